The van der Waals surface area contributed by atoms with Gasteiger partial charge in [-0.1, -0.05) is 6.07 Å². The van der Waals surface area contributed by atoms with Crippen molar-refractivity contribution in [3.8, 4) is 0 Å². The van der Waals surface area contributed by atoms with Crippen LogP contribution >= 0.6 is 0 Å². The number of nitrogens with zero attached hydrogens (tertiary/aromatic N) is 1. The van der Waals surface area contributed by atoms with Gasteiger partial charge >= 0.3 is 0 Å². The van der Waals surface area contributed by atoms with Crippen molar-refractivity contribution in [1.82, 2.24) is 10.4 Å². The quantitative estimate of drug-likeness (QED) is 0.373. The second kappa shape index (κ2) is 3.82. The molecule has 1 unspecified atom stereocenters. The van der Waals surface area contributed by atoms with E-state index < -0.39 is 0 Å². The van der Waals surface area contributed by atoms with Crippen LogP contribution in [0.3, 0.4) is 0 Å². The van der Waals surface area contributed by atoms with E-state index in [4.69, 9.17) is 5.84 Å². The number of nitrogens with two attached hydrogens (primary N) is 1. The fourth-order valence-corrected chi connectivity index (χ4v) is 0.891. The van der Waals surface area contributed by atoms with Gasteiger partial charge < -0.3 is 0 Å². The topological polar surface area (TPSA) is 68.0 Å². The lowest BCUT2D eigenvalue weighted by atomic mass is 10.1. The lowest BCUT2D eigenvalue weighted by Gasteiger charge is -2.07. The Morgan fingerprint density at radius 1 is 1.67 bits per heavy atom. The Balaban J connectivity index is 2.78. The number of nitrogens with one attached hydrogen (secondary N) is 1. The van der Waals surface area contributed by atoms with Crippen LogP contribution in [0.25, 0.3) is 0 Å². The molecule has 1 heterocycles. The predicted molar refractivity (Wildman–Crippen MR) is 45.0 cm³/mol. The zero-order valence-corrected chi connectivity index (χ0v) is 6.82. The van der Waals surface area contributed by atoms with Crippen LogP contribution in [-0.4, -0.2) is 10.9 Å². The highest BCUT2D eigenvalue weighted by Crippen LogP contribution is 2.10. The van der Waals surface area contributed by atoms with E-state index in [1.54, 1.807) is 25.3 Å². The molecule has 1 rings (SSSR count). The zero-order chi connectivity index (χ0) is 8.97. The summed E-state index contributed by atoms with van der Waals surface area (Å²) in [5.41, 5.74) is 2.81. The number of hydrogen-bond donors (Lipinski definition) is 2. The molecule has 1 amide bonds. The van der Waals surface area contributed by atoms with Crippen molar-refractivity contribution in [3.63, 3.8) is 0 Å². The summed E-state index contributed by atoms with van der Waals surface area (Å²) in [6.45, 7) is 1.75. The largest absolute Gasteiger partial charge is 0.294 e. The summed E-state index contributed by atoms with van der Waals surface area (Å²) >= 11 is 0. The first-order chi connectivity index (χ1) is 5.75. The number of hydrazine groups is 1. The first-order valence-electron chi connectivity index (χ1n) is 3.67. The van der Waals surface area contributed by atoms with Crippen molar-refractivity contribution in [3.05, 3.63) is 30.1 Å². The van der Waals surface area contributed by atoms with Crippen molar-refractivity contribution >= 4 is 5.91 Å². The summed E-state index contributed by atoms with van der Waals surface area (Å²) in [4.78, 5) is 15.1. The third-order valence-corrected chi connectivity index (χ3v) is 1.67. The standard InChI is InChI=1S/C8H11N3O/c1-6(8(12)11-9)7-4-2-3-5-10-7/h2-6H,9H2,1H3,(H,11,12). The number of carbonyl (C=O) groups excluding carboxylic acids is 1. The molecule has 0 aliphatic carbocycles. The molecule has 0 aliphatic rings. The molecule has 0 fully saturated rings. The molecule has 0 radical (unpaired) electrons. The molecule has 0 spiro atoms. The maximum absolute atomic E-state index is 11.0. The van der Waals surface area contributed by atoms with Crippen molar-refractivity contribution in [1.29, 1.82) is 0 Å². The third-order valence-electron chi connectivity index (χ3n) is 1.67. The summed E-state index contributed by atoms with van der Waals surface area (Å²) in [5.74, 6) is 4.46. The maximum Gasteiger partial charge on any atom is 0.242 e. The zero-order valence-electron chi connectivity index (χ0n) is 6.82. The molecule has 0 bridgehead atoms. The summed E-state index contributed by atoms with van der Waals surface area (Å²) in [6, 6.07) is 5.43. The van der Waals surface area contributed by atoms with Crippen LogP contribution in [0.15, 0.2) is 24.4 Å². The number of aromatic nitrogens is 1. The minimum atomic E-state index is -0.295. The van der Waals surface area contributed by atoms with E-state index in [0.717, 1.165) is 5.69 Å². The number of rotatable bonds is 2. The molecule has 0 aromatic carbocycles. The van der Waals surface area contributed by atoms with Gasteiger partial charge in [-0.3, -0.25) is 15.2 Å². The number of pyridine rings is 1. The van der Waals surface area contributed by atoms with E-state index >= 15 is 0 Å². The number of carbonyl (C=O) groups is 1. The van der Waals surface area contributed by atoms with Gasteiger partial charge in [-0.2, -0.15) is 0 Å². The minimum Gasteiger partial charge on any atom is -0.294 e. The monoisotopic (exact) mass is 165 g/mol. The molecule has 0 aliphatic heterocycles. The van der Waals surface area contributed by atoms with Crippen molar-refractivity contribution in [2.45, 2.75) is 12.8 Å². The Labute approximate surface area is 70.8 Å². The molecule has 1 aromatic rings. The van der Waals surface area contributed by atoms with Crippen LogP contribution in [0.1, 0.15) is 18.5 Å². The molecule has 0 saturated heterocycles. The molecular formula is C8H11N3O. The second-order valence-corrected chi connectivity index (χ2v) is 2.48. The molecule has 3 N–H and O–H groups in total. The van der Waals surface area contributed by atoms with Gasteiger partial charge in [0.25, 0.3) is 0 Å². The molecule has 64 valence electrons. The molecule has 4 heteroatoms. The van der Waals surface area contributed by atoms with Gasteiger partial charge in [0.15, 0.2) is 0 Å². The number of amides is 1. The van der Waals surface area contributed by atoms with E-state index in [-0.39, 0.29) is 11.8 Å². The SMILES string of the molecule is CC(C(=O)NN)c1ccccn1. The van der Waals surface area contributed by atoms with E-state index in [0.29, 0.717) is 0 Å². The average molecular weight is 165 g/mol. The molecule has 1 atom stereocenters. The van der Waals surface area contributed by atoms with Crippen LogP contribution < -0.4 is 11.3 Å². The summed E-state index contributed by atoms with van der Waals surface area (Å²) in [7, 11) is 0. The van der Waals surface area contributed by atoms with Gasteiger partial charge in [0, 0.05) is 6.20 Å². The van der Waals surface area contributed by atoms with Gasteiger partial charge in [0.1, 0.15) is 0 Å². The Kier molecular flexibility index (Phi) is 2.76. The summed E-state index contributed by atoms with van der Waals surface area (Å²) in [5, 5.41) is 0. The molecule has 0 saturated carbocycles. The third kappa shape index (κ3) is 1.79. The molecule has 1 aromatic heterocycles. The summed E-state index contributed by atoms with van der Waals surface area (Å²) < 4.78 is 0. The Bertz CT molecular complexity index is 260. The summed E-state index contributed by atoms with van der Waals surface area (Å²) in [6.07, 6.45) is 1.65. The van der Waals surface area contributed by atoms with Gasteiger partial charge in [0.05, 0.1) is 11.6 Å². The van der Waals surface area contributed by atoms with Crippen LogP contribution in [0.5, 0.6) is 0 Å². The Morgan fingerprint density at radius 2 is 2.42 bits per heavy atom. The smallest absolute Gasteiger partial charge is 0.242 e. The highest BCUT2D eigenvalue weighted by molar-refractivity contribution is 5.82. The van der Waals surface area contributed by atoms with Gasteiger partial charge in [-0.15, -0.1) is 0 Å². The van der Waals surface area contributed by atoms with Gasteiger partial charge in [-0.05, 0) is 19.1 Å². The van der Waals surface area contributed by atoms with Crippen molar-refractivity contribution < 1.29 is 4.79 Å². The predicted octanol–water partition coefficient (Wildman–Crippen LogP) is 0.175. The average Bonchev–Trinajstić information content (AvgIpc) is 2.17. The van der Waals surface area contributed by atoms with Gasteiger partial charge in [0.2, 0.25) is 5.91 Å². The van der Waals surface area contributed by atoms with E-state index in [1.165, 1.54) is 0 Å². The highest BCUT2D eigenvalue weighted by Gasteiger charge is 2.13. The molecular weight excluding hydrogens is 154 g/mol. The fraction of sp³-hybridized carbons (Fsp3) is 0.250. The second-order valence-electron chi connectivity index (χ2n) is 2.48. The maximum atomic E-state index is 11.0. The lowest BCUT2D eigenvalue weighted by molar-refractivity contribution is -0.122. The first kappa shape index (κ1) is 8.67. The minimum absolute atomic E-state index is 0.228. The van der Waals surface area contributed by atoms with Crippen LogP contribution in [-0.2, 0) is 4.79 Å². The fourth-order valence-electron chi connectivity index (χ4n) is 0.891. The lowest BCUT2D eigenvalue weighted by Crippen LogP contribution is -2.33. The van der Waals surface area contributed by atoms with Crippen molar-refractivity contribution in [2.24, 2.45) is 5.84 Å². The van der Waals surface area contributed by atoms with E-state index in [9.17, 15) is 4.79 Å². The molecule has 12 heavy (non-hydrogen) atoms. The Hall–Kier alpha value is -1.42. The van der Waals surface area contributed by atoms with Gasteiger partial charge in [-0.25, -0.2) is 5.84 Å². The van der Waals surface area contributed by atoms with E-state index in [2.05, 4.69) is 10.4 Å². The van der Waals surface area contributed by atoms with Crippen LogP contribution in [0.2, 0.25) is 0 Å². The normalized spacial score (nSPS) is 12.2. The number of hydrogen-bond acceptors (Lipinski definition) is 3. The first-order valence-corrected chi connectivity index (χ1v) is 3.67. The van der Waals surface area contributed by atoms with Crippen LogP contribution in [0.4, 0.5) is 0 Å². The Morgan fingerprint density at radius 3 is 2.92 bits per heavy atom. The highest BCUT2D eigenvalue weighted by atomic mass is 16.2. The van der Waals surface area contributed by atoms with E-state index in [1.807, 2.05) is 6.07 Å². The molecule has 4 nitrogen and oxygen atoms in total. The van der Waals surface area contributed by atoms with Crippen molar-refractivity contribution in [2.75, 3.05) is 0 Å². The van der Waals surface area contributed by atoms with Crippen LogP contribution in [0, 0.1) is 0 Å².